The summed E-state index contributed by atoms with van der Waals surface area (Å²) in [5.74, 6) is 1.80. The summed E-state index contributed by atoms with van der Waals surface area (Å²) < 4.78 is 0. The van der Waals surface area contributed by atoms with E-state index in [1.54, 1.807) is 11.8 Å². The topological polar surface area (TPSA) is 41.6 Å². The summed E-state index contributed by atoms with van der Waals surface area (Å²) >= 11 is 1.77. The van der Waals surface area contributed by atoms with Gasteiger partial charge in [0.25, 0.3) is 0 Å². The van der Waals surface area contributed by atoms with Gasteiger partial charge in [-0.15, -0.1) is 11.8 Å². The first-order chi connectivity index (χ1) is 8.81. The molecule has 0 spiro atoms. The van der Waals surface area contributed by atoms with Crippen LogP contribution >= 0.6 is 11.8 Å². The van der Waals surface area contributed by atoms with Crippen molar-refractivity contribution < 1.29 is 0 Å². The van der Waals surface area contributed by atoms with Gasteiger partial charge in [0.05, 0.1) is 11.3 Å². The Kier molecular flexibility index (Phi) is 3.02. The lowest BCUT2D eigenvalue weighted by atomic mass is 10.4. The van der Waals surface area contributed by atoms with Crippen LogP contribution in [0.1, 0.15) is 11.5 Å². The molecule has 0 saturated heterocycles. The minimum Gasteiger partial charge on any atom is -0.340 e. The van der Waals surface area contributed by atoms with Crippen molar-refractivity contribution >= 4 is 22.9 Å². The van der Waals surface area contributed by atoms with Crippen molar-refractivity contribution in [2.24, 2.45) is 0 Å². The Morgan fingerprint density at radius 1 is 1.06 bits per heavy atom. The molecule has 4 heteroatoms. The minimum atomic E-state index is 0.804. The Morgan fingerprint density at radius 2 is 1.89 bits per heavy atom. The van der Waals surface area contributed by atoms with Gasteiger partial charge in [-0.3, -0.25) is 0 Å². The third kappa shape index (κ3) is 2.38. The van der Waals surface area contributed by atoms with Crippen LogP contribution in [0.4, 0.5) is 0 Å². The van der Waals surface area contributed by atoms with Crippen LogP contribution in [0.15, 0.2) is 47.4 Å². The quantitative estimate of drug-likeness (QED) is 0.728. The summed E-state index contributed by atoms with van der Waals surface area (Å²) in [5.41, 5.74) is 2.80. The zero-order valence-corrected chi connectivity index (χ0v) is 10.9. The van der Waals surface area contributed by atoms with Gasteiger partial charge in [-0.05, 0) is 31.2 Å². The largest absolute Gasteiger partial charge is 0.340 e. The summed E-state index contributed by atoms with van der Waals surface area (Å²) in [6, 6.07) is 14.4. The molecule has 0 aliphatic rings. The molecule has 0 saturated carbocycles. The first-order valence-corrected chi connectivity index (χ1v) is 6.80. The first kappa shape index (κ1) is 11.3. The molecule has 0 amide bonds. The maximum atomic E-state index is 4.50. The lowest BCUT2D eigenvalue weighted by Crippen LogP contribution is -1.83. The average molecular weight is 255 g/mol. The van der Waals surface area contributed by atoms with E-state index in [1.165, 1.54) is 4.90 Å². The van der Waals surface area contributed by atoms with E-state index in [-0.39, 0.29) is 0 Å². The highest BCUT2D eigenvalue weighted by Gasteiger charge is 2.04. The molecular weight excluding hydrogens is 242 g/mol. The number of pyridine rings is 1. The number of aromatic amines is 1. The van der Waals surface area contributed by atoms with Crippen LogP contribution in [0.5, 0.6) is 0 Å². The fourth-order valence-electron chi connectivity index (χ4n) is 1.77. The molecule has 0 fully saturated rings. The third-order valence-electron chi connectivity index (χ3n) is 2.65. The highest BCUT2D eigenvalue weighted by atomic mass is 32.2. The van der Waals surface area contributed by atoms with Crippen LogP contribution in [0.25, 0.3) is 11.2 Å². The normalized spacial score (nSPS) is 10.9. The second-order valence-corrected chi connectivity index (χ2v) is 5.16. The molecule has 1 N–H and O–H groups in total. The van der Waals surface area contributed by atoms with E-state index in [1.807, 2.05) is 37.3 Å². The summed E-state index contributed by atoms with van der Waals surface area (Å²) in [6.07, 6.45) is 0. The van der Waals surface area contributed by atoms with Crippen LogP contribution in [0.2, 0.25) is 0 Å². The van der Waals surface area contributed by atoms with Crippen LogP contribution in [-0.4, -0.2) is 15.0 Å². The number of nitrogens with one attached hydrogen (secondary N) is 1. The summed E-state index contributed by atoms with van der Waals surface area (Å²) in [5, 5.41) is 0. The van der Waals surface area contributed by atoms with Crippen LogP contribution in [0.3, 0.4) is 0 Å². The van der Waals surface area contributed by atoms with Crippen LogP contribution in [-0.2, 0) is 5.75 Å². The number of hydrogen-bond acceptors (Lipinski definition) is 3. The molecule has 90 valence electrons. The Bertz CT molecular complexity index is 661. The number of benzene rings is 1. The van der Waals surface area contributed by atoms with Gasteiger partial charge in [0.15, 0.2) is 5.65 Å². The van der Waals surface area contributed by atoms with E-state index in [2.05, 4.69) is 27.1 Å². The monoisotopic (exact) mass is 255 g/mol. The van der Waals surface area contributed by atoms with Crippen molar-refractivity contribution in [1.29, 1.82) is 0 Å². The number of aromatic nitrogens is 3. The molecule has 0 bridgehead atoms. The van der Waals surface area contributed by atoms with E-state index in [9.17, 15) is 0 Å². The zero-order chi connectivity index (χ0) is 12.4. The Morgan fingerprint density at radius 3 is 2.72 bits per heavy atom. The number of H-pyrrole nitrogens is 1. The summed E-state index contributed by atoms with van der Waals surface area (Å²) in [7, 11) is 0. The number of thioether (sulfide) groups is 1. The third-order valence-corrected chi connectivity index (χ3v) is 3.68. The average Bonchev–Trinajstić information content (AvgIpc) is 2.79. The van der Waals surface area contributed by atoms with Gasteiger partial charge < -0.3 is 4.98 Å². The number of imidazole rings is 1. The molecule has 2 aromatic heterocycles. The SMILES string of the molecule is Cc1ccc2[nH]c(CSc3ccccc3)nc2n1. The Hall–Kier alpha value is -1.81. The van der Waals surface area contributed by atoms with Crippen molar-refractivity contribution in [2.45, 2.75) is 17.6 Å². The van der Waals surface area contributed by atoms with Crippen LogP contribution in [0, 0.1) is 6.92 Å². The highest BCUT2D eigenvalue weighted by Crippen LogP contribution is 2.22. The Balaban J connectivity index is 1.79. The fourth-order valence-corrected chi connectivity index (χ4v) is 2.56. The van der Waals surface area contributed by atoms with E-state index in [4.69, 9.17) is 0 Å². The Labute approximate surface area is 110 Å². The molecule has 0 atom stereocenters. The van der Waals surface area contributed by atoms with Gasteiger partial charge in [0.1, 0.15) is 5.82 Å². The standard InChI is InChI=1S/C14H13N3S/c1-10-7-8-12-14(15-10)17-13(16-12)9-18-11-5-3-2-4-6-11/h2-8H,9H2,1H3,(H,15,16,17). The van der Waals surface area contributed by atoms with E-state index >= 15 is 0 Å². The molecule has 3 aromatic rings. The molecule has 1 aromatic carbocycles. The number of aryl methyl sites for hydroxylation is 1. The predicted molar refractivity (Wildman–Crippen MR) is 74.6 cm³/mol. The van der Waals surface area contributed by atoms with Gasteiger partial charge in [0.2, 0.25) is 0 Å². The van der Waals surface area contributed by atoms with Crippen LogP contribution < -0.4 is 0 Å². The molecule has 3 nitrogen and oxygen atoms in total. The van der Waals surface area contributed by atoms with E-state index in [0.29, 0.717) is 0 Å². The molecule has 0 unspecified atom stereocenters. The van der Waals surface area contributed by atoms with E-state index in [0.717, 1.165) is 28.4 Å². The van der Waals surface area contributed by atoms with Gasteiger partial charge in [-0.2, -0.15) is 0 Å². The molecule has 18 heavy (non-hydrogen) atoms. The van der Waals surface area contributed by atoms with Gasteiger partial charge in [-0.1, -0.05) is 18.2 Å². The zero-order valence-electron chi connectivity index (χ0n) is 10.1. The van der Waals surface area contributed by atoms with Gasteiger partial charge in [0, 0.05) is 10.6 Å². The number of rotatable bonds is 3. The van der Waals surface area contributed by atoms with Gasteiger partial charge >= 0.3 is 0 Å². The number of nitrogens with zero attached hydrogens (tertiary/aromatic N) is 2. The maximum Gasteiger partial charge on any atom is 0.177 e. The highest BCUT2D eigenvalue weighted by molar-refractivity contribution is 7.98. The maximum absolute atomic E-state index is 4.50. The molecule has 0 aliphatic heterocycles. The summed E-state index contributed by atoms with van der Waals surface area (Å²) in [6.45, 7) is 1.98. The molecule has 3 rings (SSSR count). The molecule has 0 aliphatic carbocycles. The van der Waals surface area contributed by atoms with Crippen molar-refractivity contribution in [3.8, 4) is 0 Å². The fraction of sp³-hybridized carbons (Fsp3) is 0.143. The molecule has 2 heterocycles. The number of fused-ring (bicyclic) bond motifs is 1. The molecule has 0 radical (unpaired) electrons. The van der Waals surface area contributed by atoms with Crippen molar-refractivity contribution in [1.82, 2.24) is 15.0 Å². The first-order valence-electron chi connectivity index (χ1n) is 5.81. The second kappa shape index (κ2) is 4.82. The summed E-state index contributed by atoms with van der Waals surface area (Å²) in [4.78, 5) is 13.5. The predicted octanol–water partition coefficient (Wildman–Crippen LogP) is 3.56. The second-order valence-electron chi connectivity index (χ2n) is 4.11. The van der Waals surface area contributed by atoms with Gasteiger partial charge in [-0.25, -0.2) is 9.97 Å². The van der Waals surface area contributed by atoms with Crippen molar-refractivity contribution in [3.63, 3.8) is 0 Å². The van der Waals surface area contributed by atoms with Crippen molar-refractivity contribution in [3.05, 3.63) is 54.0 Å². The smallest absolute Gasteiger partial charge is 0.177 e. The number of hydrogen-bond donors (Lipinski definition) is 1. The lowest BCUT2D eigenvalue weighted by Gasteiger charge is -1.97. The molecular formula is C14H13N3S. The lowest BCUT2D eigenvalue weighted by molar-refractivity contribution is 1.13. The minimum absolute atomic E-state index is 0.804. The van der Waals surface area contributed by atoms with E-state index < -0.39 is 0 Å². The van der Waals surface area contributed by atoms with Crippen molar-refractivity contribution in [2.75, 3.05) is 0 Å².